The molecule has 0 amide bonds. The van der Waals surface area contributed by atoms with Crippen molar-refractivity contribution in [3.8, 4) is 0 Å². The molecule has 5 heteroatoms. The van der Waals surface area contributed by atoms with Crippen molar-refractivity contribution in [2.24, 2.45) is 5.73 Å². The van der Waals surface area contributed by atoms with Crippen molar-refractivity contribution in [1.82, 2.24) is 0 Å². The lowest BCUT2D eigenvalue weighted by Gasteiger charge is -2.14. The van der Waals surface area contributed by atoms with Gasteiger partial charge in [-0.3, -0.25) is 0 Å². The molecular weight excluding hydrogens is 279 g/mol. The van der Waals surface area contributed by atoms with Crippen LogP contribution in [0, 0.1) is 11.6 Å². The van der Waals surface area contributed by atoms with E-state index in [0.29, 0.717) is 15.6 Å². The Morgan fingerprint density at radius 3 is 2.22 bits per heavy atom. The van der Waals surface area contributed by atoms with Gasteiger partial charge in [-0.25, -0.2) is 8.78 Å². The zero-order chi connectivity index (χ0) is 13.3. The molecule has 0 aliphatic rings. The van der Waals surface area contributed by atoms with E-state index in [9.17, 15) is 8.78 Å². The topological polar surface area (TPSA) is 26.0 Å². The van der Waals surface area contributed by atoms with Gasteiger partial charge in [0.2, 0.25) is 0 Å². The third-order valence-electron chi connectivity index (χ3n) is 2.56. The van der Waals surface area contributed by atoms with Crippen molar-refractivity contribution in [2.75, 3.05) is 0 Å². The van der Waals surface area contributed by atoms with Crippen LogP contribution in [0.25, 0.3) is 0 Å². The average molecular weight is 288 g/mol. The van der Waals surface area contributed by atoms with Crippen LogP contribution in [0.5, 0.6) is 0 Å². The van der Waals surface area contributed by atoms with Gasteiger partial charge in [0.25, 0.3) is 0 Å². The maximum absolute atomic E-state index is 13.6. The second-order valence-corrected chi connectivity index (χ2v) is 4.70. The second kappa shape index (κ2) is 5.22. The molecule has 0 bridgehead atoms. The molecule has 1 unspecified atom stereocenters. The minimum atomic E-state index is -0.957. The van der Waals surface area contributed by atoms with Gasteiger partial charge in [-0.1, -0.05) is 35.3 Å². The Bertz CT molecular complexity index is 567. The Kier molecular flexibility index (Phi) is 3.85. The first kappa shape index (κ1) is 13.3. The van der Waals surface area contributed by atoms with Gasteiger partial charge in [-0.15, -0.1) is 0 Å². The summed E-state index contributed by atoms with van der Waals surface area (Å²) in [6, 6.07) is 7.73. The van der Waals surface area contributed by atoms with E-state index >= 15 is 0 Å². The van der Waals surface area contributed by atoms with Gasteiger partial charge < -0.3 is 5.73 Å². The maximum atomic E-state index is 13.6. The Hall–Kier alpha value is -1.16. The molecule has 1 atom stereocenters. The highest BCUT2D eigenvalue weighted by molar-refractivity contribution is 6.34. The molecule has 0 saturated heterocycles. The normalized spacial score (nSPS) is 12.5. The summed E-state index contributed by atoms with van der Waals surface area (Å²) in [5, 5.41) is 0.787. The summed E-state index contributed by atoms with van der Waals surface area (Å²) in [4.78, 5) is 0. The molecule has 2 N–H and O–H groups in total. The van der Waals surface area contributed by atoms with E-state index in [1.807, 2.05) is 0 Å². The van der Waals surface area contributed by atoms with E-state index in [-0.39, 0.29) is 5.56 Å². The van der Waals surface area contributed by atoms with Gasteiger partial charge in [0.05, 0.1) is 6.04 Å². The molecule has 1 nitrogen and oxygen atoms in total. The average Bonchev–Trinajstić information content (AvgIpc) is 2.30. The fourth-order valence-electron chi connectivity index (χ4n) is 1.69. The van der Waals surface area contributed by atoms with E-state index in [1.165, 1.54) is 12.1 Å². The molecule has 2 aromatic carbocycles. The van der Waals surface area contributed by atoms with Crippen molar-refractivity contribution in [2.45, 2.75) is 6.04 Å². The first-order valence-corrected chi connectivity index (χ1v) is 5.90. The molecule has 94 valence electrons. The fraction of sp³-hybridized carbons (Fsp3) is 0.0769. The molecular formula is C13H9Cl2F2N. The van der Waals surface area contributed by atoms with Gasteiger partial charge in [0, 0.05) is 15.6 Å². The molecule has 0 radical (unpaired) electrons. The van der Waals surface area contributed by atoms with Crippen LogP contribution in [-0.2, 0) is 0 Å². The molecule has 0 aliphatic carbocycles. The van der Waals surface area contributed by atoms with E-state index in [4.69, 9.17) is 28.9 Å². The van der Waals surface area contributed by atoms with Gasteiger partial charge >= 0.3 is 0 Å². The summed E-state index contributed by atoms with van der Waals surface area (Å²) in [5.74, 6) is -1.89. The summed E-state index contributed by atoms with van der Waals surface area (Å²) < 4.78 is 26.7. The molecule has 0 saturated carbocycles. The van der Waals surface area contributed by atoms with Crippen molar-refractivity contribution in [3.63, 3.8) is 0 Å². The lowest BCUT2D eigenvalue weighted by atomic mass is 9.99. The van der Waals surface area contributed by atoms with Gasteiger partial charge in [-0.2, -0.15) is 0 Å². The zero-order valence-electron chi connectivity index (χ0n) is 9.13. The van der Waals surface area contributed by atoms with Crippen molar-refractivity contribution < 1.29 is 8.78 Å². The third-order valence-corrected chi connectivity index (χ3v) is 3.00. The van der Waals surface area contributed by atoms with Crippen molar-refractivity contribution in [1.29, 1.82) is 0 Å². The zero-order valence-corrected chi connectivity index (χ0v) is 10.6. The van der Waals surface area contributed by atoms with Crippen LogP contribution < -0.4 is 5.73 Å². The highest BCUT2D eigenvalue weighted by atomic mass is 35.5. The third kappa shape index (κ3) is 2.64. The Labute approximate surface area is 113 Å². The van der Waals surface area contributed by atoms with Crippen molar-refractivity contribution in [3.05, 3.63) is 69.2 Å². The minimum absolute atomic E-state index is 0.0633. The number of hydrogen-bond acceptors (Lipinski definition) is 1. The number of hydrogen-bond donors (Lipinski definition) is 1. The Morgan fingerprint density at radius 1 is 1.00 bits per heavy atom. The highest BCUT2D eigenvalue weighted by Crippen LogP contribution is 2.28. The van der Waals surface area contributed by atoms with Crippen molar-refractivity contribution >= 4 is 23.2 Å². The van der Waals surface area contributed by atoms with E-state index in [0.717, 1.165) is 6.07 Å². The molecule has 0 heterocycles. The number of nitrogens with two attached hydrogens (primary N) is 1. The predicted octanol–water partition coefficient (Wildman–Crippen LogP) is 4.32. The summed E-state index contributed by atoms with van der Waals surface area (Å²) in [6.45, 7) is 0. The van der Waals surface area contributed by atoms with E-state index in [2.05, 4.69) is 0 Å². The summed E-state index contributed by atoms with van der Waals surface area (Å²) >= 11 is 11.7. The summed E-state index contributed by atoms with van der Waals surface area (Å²) in [5.41, 5.74) is 6.49. The monoisotopic (exact) mass is 287 g/mol. The molecule has 0 aromatic heterocycles. The van der Waals surface area contributed by atoms with Crippen LogP contribution in [0.2, 0.25) is 10.0 Å². The predicted molar refractivity (Wildman–Crippen MR) is 68.9 cm³/mol. The number of benzene rings is 2. The minimum Gasteiger partial charge on any atom is -0.320 e. The largest absolute Gasteiger partial charge is 0.320 e. The first-order chi connectivity index (χ1) is 8.49. The van der Waals surface area contributed by atoms with Gasteiger partial charge in [0.1, 0.15) is 0 Å². The van der Waals surface area contributed by atoms with E-state index < -0.39 is 17.7 Å². The summed E-state index contributed by atoms with van der Waals surface area (Å²) in [6.07, 6.45) is 0. The first-order valence-electron chi connectivity index (χ1n) is 5.14. The Balaban J connectivity index is 2.47. The molecule has 2 aromatic rings. The second-order valence-electron chi connectivity index (χ2n) is 3.82. The summed E-state index contributed by atoms with van der Waals surface area (Å²) in [7, 11) is 0. The smallest absolute Gasteiger partial charge is 0.163 e. The lowest BCUT2D eigenvalue weighted by molar-refractivity contribution is 0.494. The van der Waals surface area contributed by atoms with Crippen LogP contribution in [0.4, 0.5) is 8.78 Å². The number of halogens is 4. The molecule has 0 spiro atoms. The van der Waals surface area contributed by atoms with Gasteiger partial charge in [0.15, 0.2) is 11.6 Å². The molecule has 0 aliphatic heterocycles. The van der Waals surface area contributed by atoms with Crippen LogP contribution >= 0.6 is 23.2 Å². The molecule has 2 rings (SSSR count). The van der Waals surface area contributed by atoms with Gasteiger partial charge in [-0.05, 0) is 29.8 Å². The quantitative estimate of drug-likeness (QED) is 0.875. The van der Waals surface area contributed by atoms with Crippen LogP contribution in [0.3, 0.4) is 0 Å². The van der Waals surface area contributed by atoms with Crippen LogP contribution in [-0.4, -0.2) is 0 Å². The van der Waals surface area contributed by atoms with Crippen LogP contribution in [0.15, 0.2) is 36.4 Å². The van der Waals surface area contributed by atoms with Crippen LogP contribution in [0.1, 0.15) is 17.2 Å². The fourth-order valence-corrected chi connectivity index (χ4v) is 2.24. The standard InChI is InChI=1S/C13H9Cl2F2N/c14-8-4-7(5-9(15)6-8)13(18)10-2-1-3-11(16)12(10)17/h1-6,13H,18H2. The lowest BCUT2D eigenvalue weighted by Crippen LogP contribution is -2.14. The number of rotatable bonds is 2. The van der Waals surface area contributed by atoms with E-state index in [1.54, 1.807) is 18.2 Å². The molecule has 18 heavy (non-hydrogen) atoms. The Morgan fingerprint density at radius 2 is 1.61 bits per heavy atom. The molecule has 0 fully saturated rings. The SMILES string of the molecule is NC(c1cc(Cl)cc(Cl)c1)c1cccc(F)c1F. The maximum Gasteiger partial charge on any atom is 0.163 e. The highest BCUT2D eigenvalue weighted by Gasteiger charge is 2.17.